The van der Waals surface area contributed by atoms with Gasteiger partial charge in [0.2, 0.25) is 5.91 Å². The molecule has 5 heteroatoms. The van der Waals surface area contributed by atoms with Crippen LogP contribution in [0.2, 0.25) is 0 Å². The third-order valence-electron chi connectivity index (χ3n) is 5.24. The molecule has 1 amide bonds. The van der Waals surface area contributed by atoms with E-state index in [2.05, 4.69) is 37.6 Å². The maximum atomic E-state index is 12.2. The summed E-state index contributed by atoms with van der Waals surface area (Å²) in [5.41, 5.74) is -0.796. The minimum atomic E-state index is -0.471. The van der Waals surface area contributed by atoms with Crippen LogP contribution in [0.4, 0.5) is 0 Å². The zero-order chi connectivity index (χ0) is 21.4. The Morgan fingerprint density at radius 3 is 2.25 bits per heavy atom. The summed E-state index contributed by atoms with van der Waals surface area (Å²) in [6.07, 6.45) is 7.78. The van der Waals surface area contributed by atoms with Crippen LogP contribution in [0.15, 0.2) is 12.5 Å². The topological polar surface area (TPSA) is 50.8 Å². The molecule has 1 saturated carbocycles. The molecule has 0 aromatic heterocycles. The standard InChI is InChI=1S/C23H44N2O3/c1-9-16-25(18(3)28-22(4,5)6)20(23(7,8)24-21(26)10-2)17-27-19-14-12-11-13-15-19/h19-20H,3,9-17H2,1-2,4-8H3,(H,24,26). The molecular formula is C23H44N2O3. The van der Waals surface area contributed by atoms with Crippen molar-refractivity contribution in [2.75, 3.05) is 13.2 Å². The quantitative estimate of drug-likeness (QED) is 0.499. The molecule has 0 aromatic rings. The van der Waals surface area contributed by atoms with Crippen LogP contribution in [0, 0.1) is 0 Å². The second-order valence-corrected chi connectivity index (χ2v) is 9.53. The lowest BCUT2D eigenvalue weighted by Crippen LogP contribution is -2.61. The predicted molar refractivity (Wildman–Crippen MR) is 116 cm³/mol. The monoisotopic (exact) mass is 396 g/mol. The van der Waals surface area contributed by atoms with Crippen molar-refractivity contribution in [2.45, 2.75) is 117 Å². The first-order valence-electron chi connectivity index (χ1n) is 11.1. The molecule has 1 rings (SSSR count). The number of carbonyl (C=O) groups is 1. The summed E-state index contributed by atoms with van der Waals surface area (Å²) in [5, 5.41) is 3.19. The highest BCUT2D eigenvalue weighted by Crippen LogP contribution is 2.27. The lowest BCUT2D eigenvalue weighted by Gasteiger charge is -2.45. The van der Waals surface area contributed by atoms with E-state index in [0.717, 1.165) is 25.8 Å². The fourth-order valence-electron chi connectivity index (χ4n) is 3.79. The lowest BCUT2D eigenvalue weighted by molar-refractivity contribution is -0.124. The van der Waals surface area contributed by atoms with Crippen LogP contribution in [0.25, 0.3) is 0 Å². The maximum absolute atomic E-state index is 12.2. The second kappa shape index (κ2) is 11.1. The molecule has 28 heavy (non-hydrogen) atoms. The predicted octanol–water partition coefficient (Wildman–Crippen LogP) is 5.01. The van der Waals surface area contributed by atoms with Gasteiger partial charge in [0.15, 0.2) is 5.88 Å². The van der Waals surface area contributed by atoms with Gasteiger partial charge in [0.25, 0.3) is 0 Å². The maximum Gasteiger partial charge on any atom is 0.220 e. The Morgan fingerprint density at radius 2 is 1.75 bits per heavy atom. The van der Waals surface area contributed by atoms with E-state index >= 15 is 0 Å². The Bertz CT molecular complexity index is 491. The summed E-state index contributed by atoms with van der Waals surface area (Å²) in [4.78, 5) is 14.4. The molecule has 164 valence electrons. The number of amides is 1. The van der Waals surface area contributed by atoms with Crippen molar-refractivity contribution in [1.82, 2.24) is 10.2 Å². The van der Waals surface area contributed by atoms with Gasteiger partial charge in [-0.1, -0.05) is 33.1 Å². The Morgan fingerprint density at radius 1 is 1.14 bits per heavy atom. The van der Waals surface area contributed by atoms with E-state index in [0.29, 0.717) is 25.0 Å². The summed E-state index contributed by atoms with van der Waals surface area (Å²) in [6, 6.07) is -0.0558. The van der Waals surface area contributed by atoms with Crippen LogP contribution in [-0.2, 0) is 14.3 Å². The summed E-state index contributed by atoms with van der Waals surface area (Å²) >= 11 is 0. The van der Waals surface area contributed by atoms with Crippen molar-refractivity contribution in [2.24, 2.45) is 0 Å². The van der Waals surface area contributed by atoms with E-state index in [4.69, 9.17) is 9.47 Å². The van der Waals surface area contributed by atoms with Gasteiger partial charge in [-0.2, -0.15) is 0 Å². The molecule has 0 saturated heterocycles. The van der Waals surface area contributed by atoms with Crippen LogP contribution in [0.3, 0.4) is 0 Å². The average molecular weight is 397 g/mol. The molecule has 1 aliphatic carbocycles. The van der Waals surface area contributed by atoms with Gasteiger partial charge in [0.05, 0.1) is 24.3 Å². The fraction of sp³-hybridized carbons (Fsp3) is 0.870. The first kappa shape index (κ1) is 24.8. The number of hydrogen-bond donors (Lipinski definition) is 1. The molecule has 1 fully saturated rings. The fourth-order valence-corrected chi connectivity index (χ4v) is 3.79. The van der Waals surface area contributed by atoms with E-state index in [9.17, 15) is 4.79 Å². The summed E-state index contributed by atoms with van der Waals surface area (Å²) < 4.78 is 12.5. The Kier molecular flexibility index (Phi) is 9.82. The van der Waals surface area contributed by atoms with Gasteiger partial charge in [-0.25, -0.2) is 0 Å². The zero-order valence-corrected chi connectivity index (χ0v) is 19.4. The number of hydrogen-bond acceptors (Lipinski definition) is 4. The second-order valence-electron chi connectivity index (χ2n) is 9.53. The van der Waals surface area contributed by atoms with E-state index in [-0.39, 0.29) is 17.6 Å². The van der Waals surface area contributed by atoms with Gasteiger partial charge in [-0.3, -0.25) is 4.79 Å². The smallest absolute Gasteiger partial charge is 0.220 e. The van der Waals surface area contributed by atoms with Gasteiger partial charge in [0.1, 0.15) is 5.60 Å². The third kappa shape index (κ3) is 8.42. The summed E-state index contributed by atoms with van der Waals surface area (Å²) in [7, 11) is 0. The molecule has 5 nitrogen and oxygen atoms in total. The molecule has 1 aliphatic rings. The van der Waals surface area contributed by atoms with Crippen molar-refractivity contribution in [3.05, 3.63) is 12.5 Å². The normalized spacial score (nSPS) is 17.1. The molecular weight excluding hydrogens is 352 g/mol. The van der Waals surface area contributed by atoms with E-state index in [1.807, 2.05) is 27.7 Å². The average Bonchev–Trinajstić information content (AvgIpc) is 2.59. The molecule has 0 radical (unpaired) electrons. The van der Waals surface area contributed by atoms with E-state index in [1.54, 1.807) is 0 Å². The molecule has 1 atom stereocenters. The number of nitrogens with zero attached hydrogens (tertiary/aromatic N) is 1. The Labute approximate surface area is 173 Å². The molecule has 0 spiro atoms. The van der Waals surface area contributed by atoms with Crippen LogP contribution < -0.4 is 5.32 Å². The van der Waals surface area contributed by atoms with Gasteiger partial charge in [-0.05, 0) is 60.5 Å². The van der Waals surface area contributed by atoms with Crippen molar-refractivity contribution in [3.8, 4) is 0 Å². The third-order valence-corrected chi connectivity index (χ3v) is 5.24. The van der Waals surface area contributed by atoms with Crippen LogP contribution in [-0.4, -0.2) is 47.2 Å². The highest BCUT2D eigenvalue weighted by atomic mass is 16.5. The molecule has 0 heterocycles. The van der Waals surface area contributed by atoms with Crippen molar-refractivity contribution >= 4 is 5.91 Å². The minimum Gasteiger partial charge on any atom is -0.474 e. The van der Waals surface area contributed by atoms with Gasteiger partial charge >= 0.3 is 0 Å². The number of nitrogens with one attached hydrogen (secondary N) is 1. The molecule has 0 bridgehead atoms. The Balaban J connectivity index is 3.04. The molecule has 0 aliphatic heterocycles. The van der Waals surface area contributed by atoms with Gasteiger partial charge < -0.3 is 19.7 Å². The van der Waals surface area contributed by atoms with Crippen molar-refractivity contribution < 1.29 is 14.3 Å². The number of rotatable bonds is 11. The number of carbonyl (C=O) groups excluding carboxylic acids is 1. The molecule has 0 aromatic carbocycles. The largest absolute Gasteiger partial charge is 0.474 e. The van der Waals surface area contributed by atoms with Crippen LogP contribution in [0.1, 0.15) is 93.4 Å². The highest BCUT2D eigenvalue weighted by molar-refractivity contribution is 5.76. The van der Waals surface area contributed by atoms with Crippen LogP contribution >= 0.6 is 0 Å². The van der Waals surface area contributed by atoms with Crippen LogP contribution in [0.5, 0.6) is 0 Å². The summed E-state index contributed by atoms with van der Waals surface area (Å²) in [6.45, 7) is 19.8. The van der Waals surface area contributed by atoms with Crippen molar-refractivity contribution in [1.29, 1.82) is 0 Å². The minimum absolute atomic E-state index is 0.0477. The summed E-state index contributed by atoms with van der Waals surface area (Å²) in [5.74, 6) is 0.692. The Hall–Kier alpha value is -1.23. The van der Waals surface area contributed by atoms with E-state index < -0.39 is 5.54 Å². The molecule has 1 unspecified atom stereocenters. The van der Waals surface area contributed by atoms with Gasteiger partial charge in [-0.15, -0.1) is 0 Å². The van der Waals surface area contributed by atoms with E-state index in [1.165, 1.54) is 19.3 Å². The van der Waals surface area contributed by atoms with Gasteiger partial charge in [0, 0.05) is 13.0 Å². The number of ether oxygens (including phenoxy) is 2. The SMILES string of the molecule is C=C(OC(C)(C)C)N(CCC)C(COC1CCCCC1)C(C)(C)NC(=O)CC. The first-order chi connectivity index (χ1) is 13.0. The zero-order valence-electron chi connectivity index (χ0n) is 19.4. The lowest BCUT2D eigenvalue weighted by atomic mass is 9.92. The highest BCUT2D eigenvalue weighted by Gasteiger charge is 2.37. The first-order valence-corrected chi connectivity index (χ1v) is 11.1. The van der Waals surface area contributed by atoms with Crippen molar-refractivity contribution in [3.63, 3.8) is 0 Å². The molecule has 1 N–H and O–H groups in total.